The Bertz CT molecular complexity index is 1120. The van der Waals surface area contributed by atoms with Crippen molar-refractivity contribution in [2.75, 3.05) is 23.4 Å². The third-order valence-electron chi connectivity index (χ3n) is 4.72. The number of anilines is 2. The zero-order valence-corrected chi connectivity index (χ0v) is 17.4. The van der Waals surface area contributed by atoms with Crippen LogP contribution in [0.5, 0.6) is 0 Å². The number of nitro groups is 1. The number of hydrogen-bond acceptors (Lipinski definition) is 6. The SMILES string of the molecule is O=C(COC(=O)[C@@H]1CC(=O)N(c2cccc([N+](=O)[O-])c2)C1)Nc1cc(C(F)(F)F)ccc1Cl. The van der Waals surface area contributed by atoms with Gasteiger partial charge in [-0.2, -0.15) is 13.2 Å². The maximum atomic E-state index is 12.8. The first-order valence-corrected chi connectivity index (χ1v) is 9.71. The quantitative estimate of drug-likeness (QED) is 0.377. The third kappa shape index (κ3) is 5.77. The van der Waals surface area contributed by atoms with Crippen molar-refractivity contribution in [3.05, 3.63) is 63.2 Å². The molecule has 0 radical (unpaired) electrons. The number of carbonyl (C=O) groups is 3. The Morgan fingerprint density at radius 2 is 1.97 bits per heavy atom. The maximum absolute atomic E-state index is 12.8. The minimum atomic E-state index is -4.64. The molecular formula is C20H15ClF3N3O6. The van der Waals surface area contributed by atoms with E-state index in [-0.39, 0.29) is 35.1 Å². The van der Waals surface area contributed by atoms with Crippen LogP contribution in [0.15, 0.2) is 42.5 Å². The number of amides is 2. The van der Waals surface area contributed by atoms with Gasteiger partial charge in [0.15, 0.2) is 6.61 Å². The molecule has 13 heteroatoms. The van der Waals surface area contributed by atoms with Gasteiger partial charge in [-0.15, -0.1) is 0 Å². The molecule has 33 heavy (non-hydrogen) atoms. The summed E-state index contributed by atoms with van der Waals surface area (Å²) in [6.07, 6.45) is -4.88. The van der Waals surface area contributed by atoms with Crippen molar-refractivity contribution in [3.8, 4) is 0 Å². The molecule has 3 rings (SSSR count). The Balaban J connectivity index is 1.58. The molecule has 0 saturated carbocycles. The van der Waals surface area contributed by atoms with E-state index in [9.17, 15) is 37.7 Å². The van der Waals surface area contributed by atoms with E-state index >= 15 is 0 Å². The van der Waals surface area contributed by atoms with Gasteiger partial charge < -0.3 is 15.0 Å². The van der Waals surface area contributed by atoms with Crippen molar-refractivity contribution in [1.82, 2.24) is 0 Å². The monoisotopic (exact) mass is 485 g/mol. The molecule has 0 spiro atoms. The number of nitrogens with zero attached hydrogens (tertiary/aromatic N) is 2. The molecule has 1 fully saturated rings. The number of esters is 1. The van der Waals surface area contributed by atoms with Crippen LogP contribution in [0.1, 0.15) is 12.0 Å². The van der Waals surface area contributed by atoms with E-state index < -0.39 is 47.0 Å². The number of benzene rings is 2. The predicted octanol–water partition coefficient (Wildman–Crippen LogP) is 3.80. The van der Waals surface area contributed by atoms with Gasteiger partial charge in [0.1, 0.15) is 0 Å². The average molecular weight is 486 g/mol. The lowest BCUT2D eigenvalue weighted by Crippen LogP contribution is -2.28. The van der Waals surface area contributed by atoms with Crippen molar-refractivity contribution in [2.45, 2.75) is 12.6 Å². The van der Waals surface area contributed by atoms with Crippen LogP contribution in [0.4, 0.5) is 30.2 Å². The van der Waals surface area contributed by atoms with Crippen LogP contribution < -0.4 is 10.2 Å². The summed E-state index contributed by atoms with van der Waals surface area (Å²) in [4.78, 5) is 48.1. The second-order valence-electron chi connectivity index (χ2n) is 7.03. The normalized spacial score (nSPS) is 15.9. The highest BCUT2D eigenvalue weighted by Crippen LogP contribution is 2.34. The topological polar surface area (TPSA) is 119 Å². The lowest BCUT2D eigenvalue weighted by atomic mass is 10.1. The molecule has 1 aliphatic rings. The van der Waals surface area contributed by atoms with Crippen LogP contribution in [0.2, 0.25) is 5.02 Å². The summed E-state index contributed by atoms with van der Waals surface area (Å²) in [5.41, 5.74) is -1.32. The number of hydrogen-bond donors (Lipinski definition) is 1. The number of carbonyl (C=O) groups excluding carboxylic acids is 3. The molecule has 1 N–H and O–H groups in total. The zero-order chi connectivity index (χ0) is 24.3. The highest BCUT2D eigenvalue weighted by Gasteiger charge is 2.37. The number of alkyl halides is 3. The molecule has 0 aromatic heterocycles. The van der Waals surface area contributed by atoms with Crippen molar-refractivity contribution < 1.29 is 37.2 Å². The first-order chi connectivity index (χ1) is 15.5. The van der Waals surface area contributed by atoms with Gasteiger partial charge in [0.05, 0.1) is 32.8 Å². The number of halogens is 4. The van der Waals surface area contributed by atoms with Crippen LogP contribution in [0.3, 0.4) is 0 Å². The van der Waals surface area contributed by atoms with E-state index in [2.05, 4.69) is 5.32 Å². The maximum Gasteiger partial charge on any atom is 0.416 e. The molecule has 0 unspecified atom stereocenters. The third-order valence-corrected chi connectivity index (χ3v) is 5.05. The number of rotatable bonds is 6. The smallest absolute Gasteiger partial charge is 0.416 e. The highest BCUT2D eigenvalue weighted by atomic mass is 35.5. The summed E-state index contributed by atoms with van der Waals surface area (Å²) in [7, 11) is 0. The van der Waals surface area contributed by atoms with Gasteiger partial charge in [0, 0.05) is 25.1 Å². The first kappa shape index (κ1) is 24.0. The standard InChI is InChI=1S/C20H15ClF3N3O6/c21-15-5-4-12(20(22,23)24)7-16(15)25-17(28)10-33-19(30)11-6-18(29)26(9-11)13-2-1-3-14(8-13)27(31)32/h1-5,7-8,11H,6,9-10H2,(H,25,28)/t11-/m1/s1. The highest BCUT2D eigenvalue weighted by molar-refractivity contribution is 6.33. The summed E-state index contributed by atoms with van der Waals surface area (Å²) in [6, 6.07) is 7.69. The fraction of sp³-hybridized carbons (Fsp3) is 0.250. The first-order valence-electron chi connectivity index (χ1n) is 9.33. The van der Waals surface area contributed by atoms with E-state index in [4.69, 9.17) is 16.3 Å². The molecule has 1 saturated heterocycles. The molecule has 0 aliphatic carbocycles. The van der Waals surface area contributed by atoms with Crippen LogP contribution in [0.25, 0.3) is 0 Å². The molecule has 2 amide bonds. The van der Waals surface area contributed by atoms with Crippen molar-refractivity contribution in [3.63, 3.8) is 0 Å². The molecule has 1 aliphatic heterocycles. The van der Waals surface area contributed by atoms with Gasteiger partial charge in [-0.3, -0.25) is 24.5 Å². The van der Waals surface area contributed by atoms with Gasteiger partial charge in [0.2, 0.25) is 5.91 Å². The minimum Gasteiger partial charge on any atom is -0.455 e. The molecule has 0 bridgehead atoms. The van der Waals surface area contributed by atoms with Gasteiger partial charge in [0.25, 0.3) is 11.6 Å². The van der Waals surface area contributed by atoms with E-state index in [1.165, 1.54) is 29.2 Å². The average Bonchev–Trinajstić information content (AvgIpc) is 3.14. The van der Waals surface area contributed by atoms with Crippen LogP contribution in [0, 0.1) is 16.0 Å². The van der Waals surface area contributed by atoms with E-state index in [0.29, 0.717) is 6.07 Å². The molecular weight excluding hydrogens is 471 g/mol. The van der Waals surface area contributed by atoms with E-state index in [0.717, 1.165) is 12.1 Å². The van der Waals surface area contributed by atoms with E-state index in [1.807, 2.05) is 0 Å². The summed E-state index contributed by atoms with van der Waals surface area (Å²) in [5, 5.41) is 12.9. The second kappa shape index (κ2) is 9.45. The van der Waals surface area contributed by atoms with Crippen LogP contribution in [-0.4, -0.2) is 35.9 Å². The Morgan fingerprint density at radius 3 is 2.64 bits per heavy atom. The molecule has 2 aromatic rings. The van der Waals surface area contributed by atoms with Gasteiger partial charge >= 0.3 is 12.1 Å². The lowest BCUT2D eigenvalue weighted by Gasteiger charge is -2.16. The van der Waals surface area contributed by atoms with Gasteiger partial charge in [-0.05, 0) is 24.3 Å². The molecule has 1 heterocycles. The van der Waals surface area contributed by atoms with E-state index in [1.54, 1.807) is 0 Å². The number of non-ortho nitro benzene ring substituents is 1. The summed E-state index contributed by atoms with van der Waals surface area (Å²) < 4.78 is 43.4. The summed E-state index contributed by atoms with van der Waals surface area (Å²) >= 11 is 5.80. The van der Waals surface area contributed by atoms with Crippen molar-refractivity contribution in [2.24, 2.45) is 5.92 Å². The van der Waals surface area contributed by atoms with Crippen molar-refractivity contribution in [1.29, 1.82) is 0 Å². The van der Waals surface area contributed by atoms with Crippen molar-refractivity contribution >= 4 is 46.4 Å². The second-order valence-corrected chi connectivity index (χ2v) is 7.44. The van der Waals surface area contributed by atoms with Gasteiger partial charge in [-0.25, -0.2) is 0 Å². The number of ether oxygens (including phenoxy) is 1. The fourth-order valence-electron chi connectivity index (χ4n) is 3.13. The lowest BCUT2D eigenvalue weighted by molar-refractivity contribution is -0.384. The Labute approximate surface area is 189 Å². The minimum absolute atomic E-state index is 0.111. The predicted molar refractivity (Wildman–Crippen MR) is 110 cm³/mol. The molecule has 2 aromatic carbocycles. The fourth-order valence-corrected chi connectivity index (χ4v) is 3.29. The largest absolute Gasteiger partial charge is 0.455 e. The molecule has 9 nitrogen and oxygen atoms in total. The summed E-state index contributed by atoms with van der Waals surface area (Å²) in [5.74, 6) is -3.19. The summed E-state index contributed by atoms with van der Waals surface area (Å²) in [6.45, 7) is -0.924. The Morgan fingerprint density at radius 1 is 1.24 bits per heavy atom. The Kier molecular flexibility index (Phi) is 6.86. The van der Waals surface area contributed by atoms with Gasteiger partial charge in [-0.1, -0.05) is 17.7 Å². The molecule has 174 valence electrons. The molecule has 1 atom stereocenters. The van der Waals surface area contributed by atoms with Crippen LogP contribution in [-0.2, 0) is 25.3 Å². The number of nitrogens with one attached hydrogen (secondary N) is 1. The van der Waals surface area contributed by atoms with Crippen LogP contribution >= 0.6 is 11.6 Å². The number of nitro benzene ring substituents is 1. The zero-order valence-electron chi connectivity index (χ0n) is 16.6. The Hall–Kier alpha value is -3.67.